The smallest absolute Gasteiger partial charge is 0.306 e. The van der Waals surface area contributed by atoms with Crippen LogP contribution in [0.1, 0.15) is 18.4 Å². The van der Waals surface area contributed by atoms with Crippen LogP contribution < -0.4 is 4.90 Å². The quantitative estimate of drug-likeness (QED) is 0.902. The Hall–Kier alpha value is -1.55. The van der Waals surface area contributed by atoms with Gasteiger partial charge >= 0.3 is 5.97 Å². The summed E-state index contributed by atoms with van der Waals surface area (Å²) >= 11 is 0. The molecule has 1 fully saturated rings. The second-order valence-electron chi connectivity index (χ2n) is 5.45. The molecule has 1 aromatic rings. The van der Waals surface area contributed by atoms with E-state index in [0.29, 0.717) is 0 Å². The highest BCUT2D eigenvalue weighted by Gasteiger charge is 2.24. The maximum Gasteiger partial charge on any atom is 0.306 e. The predicted molar refractivity (Wildman–Crippen MR) is 76.4 cm³/mol. The Morgan fingerprint density at radius 2 is 2.05 bits per heavy atom. The predicted octanol–water partition coefficient (Wildman–Crippen LogP) is 2.05. The Labute approximate surface area is 114 Å². The third-order valence-electron chi connectivity index (χ3n) is 3.77. The molecule has 19 heavy (non-hydrogen) atoms. The third kappa shape index (κ3) is 3.70. The lowest BCUT2D eigenvalue weighted by molar-refractivity contribution is -0.143. The molecule has 0 atom stereocenters. The second kappa shape index (κ2) is 6.06. The van der Waals surface area contributed by atoms with Gasteiger partial charge in [0.25, 0.3) is 0 Å². The van der Waals surface area contributed by atoms with Crippen molar-refractivity contribution in [3.8, 4) is 0 Å². The third-order valence-corrected chi connectivity index (χ3v) is 3.77. The standard InChI is InChI=1S/C15H22N2O2/c1-16(2)14-5-3-4-12(10-14)11-17-8-6-13(7-9-17)15(18)19/h3-5,10,13H,6-9,11H2,1-2H3,(H,18,19). The van der Waals surface area contributed by atoms with E-state index in [1.54, 1.807) is 0 Å². The van der Waals surface area contributed by atoms with E-state index in [0.717, 1.165) is 32.5 Å². The van der Waals surface area contributed by atoms with Crippen LogP contribution in [0.4, 0.5) is 5.69 Å². The van der Waals surface area contributed by atoms with Gasteiger partial charge in [-0.3, -0.25) is 9.69 Å². The SMILES string of the molecule is CN(C)c1cccc(CN2CCC(C(=O)O)CC2)c1. The Balaban J connectivity index is 1.92. The molecule has 1 aliphatic rings. The summed E-state index contributed by atoms with van der Waals surface area (Å²) in [5, 5.41) is 8.99. The zero-order valence-corrected chi connectivity index (χ0v) is 11.7. The van der Waals surface area contributed by atoms with Gasteiger partial charge in [-0.05, 0) is 43.6 Å². The number of piperidine rings is 1. The van der Waals surface area contributed by atoms with Crippen molar-refractivity contribution >= 4 is 11.7 Å². The molecule has 1 saturated heterocycles. The molecule has 0 amide bonds. The lowest BCUT2D eigenvalue weighted by atomic mass is 9.97. The first kappa shape index (κ1) is 13.9. The van der Waals surface area contributed by atoms with E-state index in [1.165, 1.54) is 11.3 Å². The number of hydrogen-bond donors (Lipinski definition) is 1. The fourth-order valence-electron chi connectivity index (χ4n) is 2.53. The number of anilines is 1. The maximum atomic E-state index is 10.9. The fraction of sp³-hybridized carbons (Fsp3) is 0.533. The number of aliphatic carboxylic acids is 1. The average molecular weight is 262 g/mol. The van der Waals surface area contributed by atoms with Crippen LogP contribution in [0, 0.1) is 5.92 Å². The molecule has 0 aliphatic carbocycles. The Bertz CT molecular complexity index is 438. The normalized spacial score (nSPS) is 17.4. The van der Waals surface area contributed by atoms with Crippen molar-refractivity contribution in [2.75, 3.05) is 32.1 Å². The number of benzene rings is 1. The second-order valence-corrected chi connectivity index (χ2v) is 5.45. The lowest BCUT2D eigenvalue weighted by Gasteiger charge is -2.30. The van der Waals surface area contributed by atoms with Crippen molar-refractivity contribution in [3.05, 3.63) is 29.8 Å². The van der Waals surface area contributed by atoms with Crippen LogP contribution in [-0.2, 0) is 11.3 Å². The van der Waals surface area contributed by atoms with Gasteiger partial charge in [-0.25, -0.2) is 0 Å². The zero-order valence-electron chi connectivity index (χ0n) is 11.7. The summed E-state index contributed by atoms with van der Waals surface area (Å²) in [5.74, 6) is -0.793. The van der Waals surface area contributed by atoms with E-state index >= 15 is 0 Å². The molecule has 0 saturated carbocycles. The van der Waals surface area contributed by atoms with Crippen LogP contribution in [0.25, 0.3) is 0 Å². The first-order chi connectivity index (χ1) is 9.06. The molecule has 1 aromatic carbocycles. The molecular formula is C15H22N2O2. The van der Waals surface area contributed by atoms with Crippen LogP contribution in [0.5, 0.6) is 0 Å². The van der Waals surface area contributed by atoms with Gasteiger partial charge in [0, 0.05) is 26.3 Å². The summed E-state index contributed by atoms with van der Waals surface area (Å²) in [5.41, 5.74) is 2.50. The first-order valence-corrected chi connectivity index (χ1v) is 6.77. The van der Waals surface area contributed by atoms with E-state index in [4.69, 9.17) is 5.11 Å². The topological polar surface area (TPSA) is 43.8 Å². The van der Waals surface area contributed by atoms with Gasteiger partial charge in [-0.1, -0.05) is 12.1 Å². The summed E-state index contributed by atoms with van der Waals surface area (Å²) in [6.45, 7) is 2.67. The van der Waals surface area contributed by atoms with Crippen molar-refractivity contribution < 1.29 is 9.90 Å². The number of carboxylic acid groups (broad SMARTS) is 1. The lowest BCUT2D eigenvalue weighted by Crippen LogP contribution is -2.35. The van der Waals surface area contributed by atoms with E-state index in [9.17, 15) is 4.79 Å². The van der Waals surface area contributed by atoms with E-state index in [-0.39, 0.29) is 5.92 Å². The molecule has 1 aliphatic heterocycles. The number of carboxylic acids is 1. The summed E-state index contributed by atoms with van der Waals surface area (Å²) in [6.07, 6.45) is 1.53. The highest BCUT2D eigenvalue weighted by Crippen LogP contribution is 2.20. The van der Waals surface area contributed by atoms with Gasteiger partial charge in [0.05, 0.1) is 5.92 Å². The van der Waals surface area contributed by atoms with Crippen molar-refractivity contribution in [1.82, 2.24) is 4.90 Å². The highest BCUT2D eigenvalue weighted by molar-refractivity contribution is 5.70. The van der Waals surface area contributed by atoms with Crippen molar-refractivity contribution in [1.29, 1.82) is 0 Å². The molecule has 2 rings (SSSR count). The van der Waals surface area contributed by atoms with Gasteiger partial charge in [0.2, 0.25) is 0 Å². The summed E-state index contributed by atoms with van der Waals surface area (Å²) in [7, 11) is 4.08. The van der Waals surface area contributed by atoms with Crippen molar-refractivity contribution in [2.45, 2.75) is 19.4 Å². The van der Waals surface area contributed by atoms with E-state index < -0.39 is 5.97 Å². The van der Waals surface area contributed by atoms with Gasteiger partial charge in [-0.15, -0.1) is 0 Å². The Morgan fingerprint density at radius 1 is 1.37 bits per heavy atom. The van der Waals surface area contributed by atoms with E-state index in [2.05, 4.69) is 34.1 Å². The largest absolute Gasteiger partial charge is 0.481 e. The molecule has 1 N–H and O–H groups in total. The highest BCUT2D eigenvalue weighted by atomic mass is 16.4. The summed E-state index contributed by atoms with van der Waals surface area (Å²) in [6, 6.07) is 8.51. The van der Waals surface area contributed by atoms with Crippen LogP contribution in [-0.4, -0.2) is 43.2 Å². The van der Waals surface area contributed by atoms with Gasteiger partial charge < -0.3 is 10.0 Å². The molecular weight excluding hydrogens is 240 g/mol. The number of likely N-dealkylation sites (tertiary alicyclic amines) is 1. The van der Waals surface area contributed by atoms with Crippen LogP contribution in [0.15, 0.2) is 24.3 Å². The number of rotatable bonds is 4. The van der Waals surface area contributed by atoms with Crippen LogP contribution in [0.2, 0.25) is 0 Å². The Kier molecular flexibility index (Phi) is 4.43. The molecule has 0 radical (unpaired) electrons. The number of hydrogen-bond acceptors (Lipinski definition) is 3. The van der Waals surface area contributed by atoms with E-state index in [1.807, 2.05) is 14.1 Å². The monoisotopic (exact) mass is 262 g/mol. The summed E-state index contributed by atoms with van der Waals surface area (Å²) in [4.78, 5) is 15.4. The molecule has 0 bridgehead atoms. The molecule has 0 aromatic heterocycles. The van der Waals surface area contributed by atoms with Crippen LogP contribution >= 0.6 is 0 Å². The molecule has 1 heterocycles. The molecule has 4 heteroatoms. The molecule has 0 spiro atoms. The average Bonchev–Trinajstić information content (AvgIpc) is 2.39. The first-order valence-electron chi connectivity index (χ1n) is 6.77. The maximum absolute atomic E-state index is 10.9. The molecule has 4 nitrogen and oxygen atoms in total. The molecule has 0 unspecified atom stereocenters. The summed E-state index contributed by atoms with van der Waals surface area (Å²) < 4.78 is 0. The number of carbonyl (C=O) groups is 1. The van der Waals surface area contributed by atoms with Gasteiger partial charge in [-0.2, -0.15) is 0 Å². The minimum absolute atomic E-state index is 0.149. The van der Waals surface area contributed by atoms with Gasteiger partial charge in [0.15, 0.2) is 0 Å². The van der Waals surface area contributed by atoms with Gasteiger partial charge in [0.1, 0.15) is 0 Å². The zero-order chi connectivity index (χ0) is 13.8. The minimum Gasteiger partial charge on any atom is -0.481 e. The molecule has 104 valence electrons. The Morgan fingerprint density at radius 3 is 2.63 bits per heavy atom. The van der Waals surface area contributed by atoms with Crippen LogP contribution in [0.3, 0.4) is 0 Å². The van der Waals surface area contributed by atoms with Crippen molar-refractivity contribution in [3.63, 3.8) is 0 Å². The minimum atomic E-state index is -0.644. The van der Waals surface area contributed by atoms with Crippen molar-refractivity contribution in [2.24, 2.45) is 5.92 Å². The number of nitrogens with zero attached hydrogens (tertiary/aromatic N) is 2. The fourth-order valence-corrected chi connectivity index (χ4v) is 2.53.